The number of carboxylic acids is 1. The van der Waals surface area contributed by atoms with E-state index in [1.54, 1.807) is 31.7 Å². The van der Waals surface area contributed by atoms with E-state index in [1.165, 1.54) is 6.07 Å². The Morgan fingerprint density at radius 2 is 1.82 bits per heavy atom. The fourth-order valence-corrected chi connectivity index (χ4v) is 6.40. The van der Waals surface area contributed by atoms with E-state index < -0.39 is 23.3 Å². The molecule has 2 aromatic carbocycles. The van der Waals surface area contributed by atoms with Crippen molar-refractivity contribution in [1.29, 1.82) is 0 Å². The standard InChI is InChI=1S/C32H34F3NO3S/c1-30(2,39)27-9-4-3-7-23(27)11-15-28(40-21-31(16-17-31)19-29(37)38)24-8-5-6-22(18-24)10-13-26-14-12-25(20-36-26)32(33,34)35/h3-10,12-14,18,20,28,39H,11,15-17,19,21H2,1-2H3,(H,37,38). The molecule has 4 rings (SSSR count). The first-order chi connectivity index (χ1) is 18.8. The molecule has 1 aromatic heterocycles. The van der Waals surface area contributed by atoms with Gasteiger partial charge in [-0.15, -0.1) is 0 Å². The summed E-state index contributed by atoms with van der Waals surface area (Å²) in [7, 11) is 0. The van der Waals surface area contributed by atoms with Crippen molar-refractivity contribution in [3.8, 4) is 0 Å². The van der Waals surface area contributed by atoms with E-state index in [9.17, 15) is 28.2 Å². The van der Waals surface area contributed by atoms with E-state index in [-0.39, 0.29) is 17.1 Å². The molecular formula is C32H34F3NO3S. The van der Waals surface area contributed by atoms with Crippen LogP contribution in [-0.4, -0.2) is 26.9 Å². The van der Waals surface area contributed by atoms with Crippen molar-refractivity contribution in [2.75, 3.05) is 5.75 Å². The molecule has 212 valence electrons. The third kappa shape index (κ3) is 8.21. The molecule has 0 saturated heterocycles. The summed E-state index contributed by atoms with van der Waals surface area (Å²) >= 11 is 1.78. The maximum Gasteiger partial charge on any atom is 0.417 e. The number of aryl methyl sites for hydroxylation is 1. The number of aromatic nitrogens is 1. The normalized spacial score (nSPS) is 15.8. The first-order valence-corrected chi connectivity index (χ1v) is 14.4. The Labute approximate surface area is 237 Å². The summed E-state index contributed by atoms with van der Waals surface area (Å²) < 4.78 is 38.5. The van der Waals surface area contributed by atoms with Crippen molar-refractivity contribution in [2.24, 2.45) is 5.41 Å². The fraction of sp³-hybridized carbons (Fsp3) is 0.375. The Morgan fingerprint density at radius 1 is 1.07 bits per heavy atom. The van der Waals surface area contributed by atoms with Crippen molar-refractivity contribution in [3.05, 3.63) is 100 Å². The fourth-order valence-electron chi connectivity index (χ4n) is 4.83. The number of aliphatic carboxylic acids is 1. The minimum atomic E-state index is -4.42. The van der Waals surface area contributed by atoms with Gasteiger partial charge in [0.1, 0.15) is 0 Å². The Kier molecular flexibility index (Phi) is 9.10. The van der Waals surface area contributed by atoms with E-state index in [1.807, 2.05) is 42.5 Å². The maximum absolute atomic E-state index is 12.8. The third-order valence-corrected chi connectivity index (χ3v) is 8.96. The number of carbonyl (C=O) groups is 1. The zero-order valence-electron chi connectivity index (χ0n) is 22.6. The van der Waals surface area contributed by atoms with Crippen LogP contribution >= 0.6 is 11.8 Å². The summed E-state index contributed by atoms with van der Waals surface area (Å²) in [5.74, 6) is -0.00936. The number of thioether (sulfide) groups is 1. The summed E-state index contributed by atoms with van der Waals surface area (Å²) in [6.07, 6.45) is 3.49. The molecule has 0 radical (unpaired) electrons. The molecule has 1 aliphatic rings. The molecule has 1 aliphatic carbocycles. The van der Waals surface area contributed by atoms with Crippen LogP contribution < -0.4 is 0 Å². The molecule has 1 unspecified atom stereocenters. The van der Waals surface area contributed by atoms with E-state index in [2.05, 4.69) is 17.1 Å². The monoisotopic (exact) mass is 569 g/mol. The van der Waals surface area contributed by atoms with Crippen LogP contribution in [0.4, 0.5) is 13.2 Å². The smallest absolute Gasteiger partial charge is 0.417 e. The van der Waals surface area contributed by atoms with Gasteiger partial charge in [0.05, 0.1) is 23.3 Å². The summed E-state index contributed by atoms with van der Waals surface area (Å²) in [6.45, 7) is 3.56. The Morgan fingerprint density at radius 3 is 2.45 bits per heavy atom. The molecule has 1 saturated carbocycles. The number of rotatable bonds is 12. The quantitative estimate of drug-likeness (QED) is 0.230. The lowest BCUT2D eigenvalue weighted by Crippen LogP contribution is -2.18. The highest BCUT2D eigenvalue weighted by molar-refractivity contribution is 7.99. The van der Waals surface area contributed by atoms with Crippen molar-refractivity contribution in [3.63, 3.8) is 0 Å². The van der Waals surface area contributed by atoms with Crippen LogP contribution in [0.15, 0.2) is 66.9 Å². The zero-order chi connectivity index (χ0) is 29.0. The lowest BCUT2D eigenvalue weighted by molar-refractivity contribution is -0.139. The molecule has 1 atom stereocenters. The predicted octanol–water partition coefficient (Wildman–Crippen LogP) is 8.16. The number of benzene rings is 2. The van der Waals surface area contributed by atoms with Crippen LogP contribution in [0, 0.1) is 5.41 Å². The first kappa shape index (κ1) is 29.9. The van der Waals surface area contributed by atoms with E-state index >= 15 is 0 Å². The summed E-state index contributed by atoms with van der Waals surface area (Å²) in [5.41, 5.74) is 2.50. The third-order valence-electron chi connectivity index (χ3n) is 7.27. The molecule has 1 fully saturated rings. The molecule has 40 heavy (non-hydrogen) atoms. The number of carboxylic acid groups (broad SMARTS) is 1. The van der Waals surface area contributed by atoms with Gasteiger partial charge in [-0.2, -0.15) is 24.9 Å². The van der Waals surface area contributed by atoms with Crippen molar-refractivity contribution in [1.82, 2.24) is 4.98 Å². The maximum atomic E-state index is 12.8. The summed E-state index contributed by atoms with van der Waals surface area (Å²) in [6, 6.07) is 18.3. The van der Waals surface area contributed by atoms with Gasteiger partial charge in [-0.1, -0.05) is 54.6 Å². The molecule has 8 heteroatoms. The zero-order valence-corrected chi connectivity index (χ0v) is 23.4. The van der Waals surface area contributed by atoms with Crippen molar-refractivity contribution in [2.45, 2.75) is 63.0 Å². The van der Waals surface area contributed by atoms with Crippen LogP contribution in [0.1, 0.15) is 78.3 Å². The minimum absolute atomic E-state index is 0.0960. The average molecular weight is 570 g/mol. The number of hydrogen-bond acceptors (Lipinski definition) is 4. The largest absolute Gasteiger partial charge is 0.481 e. The molecule has 1 heterocycles. The van der Waals surface area contributed by atoms with Crippen LogP contribution in [0.2, 0.25) is 0 Å². The highest BCUT2D eigenvalue weighted by atomic mass is 32.2. The lowest BCUT2D eigenvalue weighted by Gasteiger charge is -2.24. The molecule has 0 amide bonds. The molecule has 0 aliphatic heterocycles. The van der Waals surface area contributed by atoms with Crippen LogP contribution in [-0.2, 0) is 23.0 Å². The van der Waals surface area contributed by atoms with Gasteiger partial charge in [0.25, 0.3) is 0 Å². The number of aliphatic hydroxyl groups is 1. The van der Waals surface area contributed by atoms with Crippen molar-refractivity contribution >= 4 is 29.9 Å². The molecule has 0 spiro atoms. The predicted molar refractivity (Wildman–Crippen MR) is 154 cm³/mol. The highest BCUT2D eigenvalue weighted by Crippen LogP contribution is 2.53. The van der Waals surface area contributed by atoms with Gasteiger partial charge in [0.2, 0.25) is 0 Å². The number of hydrogen-bond donors (Lipinski definition) is 2. The Balaban J connectivity index is 1.54. The summed E-state index contributed by atoms with van der Waals surface area (Å²) in [4.78, 5) is 15.3. The first-order valence-electron chi connectivity index (χ1n) is 13.3. The van der Waals surface area contributed by atoms with Gasteiger partial charge < -0.3 is 10.2 Å². The lowest BCUT2D eigenvalue weighted by atomic mass is 9.90. The van der Waals surface area contributed by atoms with Gasteiger partial charge >= 0.3 is 12.1 Å². The van der Waals surface area contributed by atoms with Gasteiger partial charge in [-0.25, -0.2) is 0 Å². The van der Waals surface area contributed by atoms with Crippen LogP contribution in [0.25, 0.3) is 12.2 Å². The van der Waals surface area contributed by atoms with Gasteiger partial charge in [0.15, 0.2) is 0 Å². The van der Waals surface area contributed by atoms with E-state index in [4.69, 9.17) is 0 Å². The average Bonchev–Trinajstić information content (AvgIpc) is 3.65. The molecule has 3 aromatic rings. The van der Waals surface area contributed by atoms with Gasteiger partial charge in [-0.3, -0.25) is 9.78 Å². The Bertz CT molecular complexity index is 1340. The van der Waals surface area contributed by atoms with Crippen LogP contribution in [0.5, 0.6) is 0 Å². The molecule has 4 nitrogen and oxygen atoms in total. The van der Waals surface area contributed by atoms with Crippen molar-refractivity contribution < 1.29 is 28.2 Å². The topological polar surface area (TPSA) is 70.4 Å². The molecule has 2 N–H and O–H groups in total. The van der Waals surface area contributed by atoms with Gasteiger partial charge in [-0.05, 0) is 85.4 Å². The highest BCUT2D eigenvalue weighted by Gasteiger charge is 2.44. The number of pyridine rings is 1. The van der Waals surface area contributed by atoms with Gasteiger partial charge in [0, 0.05) is 17.2 Å². The minimum Gasteiger partial charge on any atom is -0.481 e. The second kappa shape index (κ2) is 12.2. The second-order valence-corrected chi connectivity index (χ2v) is 12.3. The van der Waals surface area contributed by atoms with Crippen LogP contribution in [0.3, 0.4) is 0 Å². The SMILES string of the molecule is CC(C)(O)c1ccccc1CCC(SCC1(CC(=O)O)CC1)c1cccc(C=Cc2ccc(C(F)(F)F)cn2)c1. The van der Waals surface area contributed by atoms with E-state index in [0.717, 1.165) is 66.0 Å². The number of nitrogens with zero attached hydrogens (tertiary/aromatic N) is 1. The van der Waals surface area contributed by atoms with E-state index in [0.29, 0.717) is 5.69 Å². The second-order valence-electron chi connectivity index (χ2n) is 11.1. The number of alkyl halides is 3. The number of halogens is 3. The Hall–Kier alpha value is -3.10. The molecular weight excluding hydrogens is 535 g/mol. The summed E-state index contributed by atoms with van der Waals surface area (Å²) in [5, 5.41) is 20.1. The molecule has 0 bridgehead atoms.